The van der Waals surface area contributed by atoms with Gasteiger partial charge in [-0.05, 0) is 49.7 Å². The van der Waals surface area contributed by atoms with E-state index < -0.39 is 0 Å². The molecule has 0 amide bonds. The summed E-state index contributed by atoms with van der Waals surface area (Å²) >= 11 is 0. The average Bonchev–Trinajstić information content (AvgIpc) is 3.35. The smallest absolute Gasteiger partial charge is 0.133 e. The Kier molecular flexibility index (Phi) is 7.25. The summed E-state index contributed by atoms with van der Waals surface area (Å²) in [7, 11) is 2.20. The van der Waals surface area contributed by atoms with Crippen LogP contribution in [-0.4, -0.2) is 74.3 Å². The van der Waals surface area contributed by atoms with Gasteiger partial charge in [-0.3, -0.25) is 9.67 Å². The minimum atomic E-state index is 0.705. The Labute approximate surface area is 207 Å². The summed E-state index contributed by atoms with van der Waals surface area (Å²) in [5.41, 5.74) is 6.38. The van der Waals surface area contributed by atoms with Crippen LogP contribution in [0.2, 0.25) is 0 Å². The minimum absolute atomic E-state index is 0.705. The second-order valence-corrected chi connectivity index (χ2v) is 9.24. The van der Waals surface area contributed by atoms with E-state index in [4.69, 9.17) is 10.1 Å². The molecule has 0 bridgehead atoms. The number of hydrogen-bond acceptors (Lipinski definition) is 6. The molecule has 5 rings (SSSR count). The normalized spacial score (nSPS) is 14.9. The zero-order chi connectivity index (χ0) is 24.0. The summed E-state index contributed by atoms with van der Waals surface area (Å²) < 4.78 is 1.94. The number of aryl methyl sites for hydroxylation is 1. The molecule has 1 saturated heterocycles. The molecular weight excluding hydrogens is 434 g/mol. The van der Waals surface area contributed by atoms with Crippen LogP contribution in [0.1, 0.15) is 23.9 Å². The van der Waals surface area contributed by atoms with E-state index in [9.17, 15) is 0 Å². The largest absolute Gasteiger partial charge is 0.304 e. The van der Waals surface area contributed by atoms with Gasteiger partial charge in [-0.2, -0.15) is 5.10 Å². The highest BCUT2D eigenvalue weighted by Gasteiger charge is 2.16. The Bertz CT molecular complexity index is 1230. The van der Waals surface area contributed by atoms with Gasteiger partial charge in [0.15, 0.2) is 0 Å². The standard InChI is InChI=1S/C28H33N7/c1-3-35-21-25(28(32-35)24-5-4-12-29-20-24)26-10-13-30-27(31-26)19-23-8-6-22(7-9-23)11-14-34-17-15-33(2)16-18-34/h4-10,12-13,20-21H,3,11,14-19H2,1-2H3. The molecule has 3 aromatic heterocycles. The molecule has 7 nitrogen and oxygen atoms in total. The van der Waals surface area contributed by atoms with Crippen molar-refractivity contribution in [1.29, 1.82) is 0 Å². The molecule has 0 unspecified atom stereocenters. The Hall–Kier alpha value is -3.42. The Morgan fingerprint density at radius 1 is 0.914 bits per heavy atom. The van der Waals surface area contributed by atoms with Crippen LogP contribution in [0.15, 0.2) is 67.3 Å². The highest BCUT2D eigenvalue weighted by molar-refractivity contribution is 5.78. The van der Waals surface area contributed by atoms with E-state index in [1.54, 1.807) is 6.20 Å². The van der Waals surface area contributed by atoms with Crippen molar-refractivity contribution in [1.82, 2.24) is 34.5 Å². The second kappa shape index (κ2) is 10.9. The Balaban J connectivity index is 1.28. The number of pyridine rings is 1. The molecule has 35 heavy (non-hydrogen) atoms. The number of benzene rings is 1. The number of aromatic nitrogens is 5. The first-order valence-corrected chi connectivity index (χ1v) is 12.5. The molecule has 0 spiro atoms. The van der Waals surface area contributed by atoms with Crippen molar-refractivity contribution in [2.75, 3.05) is 39.8 Å². The Morgan fingerprint density at radius 2 is 1.71 bits per heavy atom. The lowest BCUT2D eigenvalue weighted by atomic mass is 10.1. The van der Waals surface area contributed by atoms with Crippen molar-refractivity contribution in [2.24, 2.45) is 0 Å². The summed E-state index contributed by atoms with van der Waals surface area (Å²) in [6, 6.07) is 14.9. The van der Waals surface area contributed by atoms with Gasteiger partial charge in [0.2, 0.25) is 0 Å². The van der Waals surface area contributed by atoms with Crippen molar-refractivity contribution in [2.45, 2.75) is 26.3 Å². The van der Waals surface area contributed by atoms with Crippen LogP contribution in [-0.2, 0) is 19.4 Å². The fraction of sp³-hybridized carbons (Fsp3) is 0.357. The molecule has 1 fully saturated rings. The summed E-state index contributed by atoms with van der Waals surface area (Å²) in [5.74, 6) is 0.814. The van der Waals surface area contributed by atoms with E-state index >= 15 is 0 Å². The third-order valence-electron chi connectivity index (χ3n) is 6.70. The van der Waals surface area contributed by atoms with Gasteiger partial charge in [-0.1, -0.05) is 24.3 Å². The zero-order valence-electron chi connectivity index (χ0n) is 20.6. The summed E-state index contributed by atoms with van der Waals surface area (Å²) in [4.78, 5) is 18.7. The molecule has 4 heterocycles. The van der Waals surface area contributed by atoms with E-state index in [1.807, 2.05) is 35.3 Å². The fourth-order valence-corrected chi connectivity index (χ4v) is 4.49. The van der Waals surface area contributed by atoms with E-state index in [0.29, 0.717) is 6.42 Å². The van der Waals surface area contributed by atoms with E-state index in [1.165, 1.54) is 37.3 Å². The van der Waals surface area contributed by atoms with Crippen LogP contribution in [0.25, 0.3) is 22.5 Å². The lowest BCUT2D eigenvalue weighted by Crippen LogP contribution is -2.45. The SMILES string of the molecule is CCn1cc(-c2ccnc(Cc3ccc(CCN4CCN(C)CC4)cc3)n2)c(-c2cccnc2)n1. The van der Waals surface area contributed by atoms with E-state index in [2.05, 4.69) is 64.2 Å². The first-order valence-electron chi connectivity index (χ1n) is 12.5. The maximum Gasteiger partial charge on any atom is 0.133 e. The molecule has 1 aliphatic heterocycles. The van der Waals surface area contributed by atoms with Gasteiger partial charge in [0, 0.05) is 81.6 Å². The van der Waals surface area contributed by atoms with Crippen molar-refractivity contribution in [3.63, 3.8) is 0 Å². The first-order chi connectivity index (χ1) is 17.2. The quantitative estimate of drug-likeness (QED) is 0.393. The lowest BCUT2D eigenvalue weighted by molar-refractivity contribution is 0.155. The second-order valence-electron chi connectivity index (χ2n) is 9.24. The van der Waals surface area contributed by atoms with Crippen LogP contribution in [0, 0.1) is 0 Å². The van der Waals surface area contributed by atoms with Crippen LogP contribution in [0.3, 0.4) is 0 Å². The molecule has 0 aliphatic carbocycles. The predicted octanol–water partition coefficient (Wildman–Crippen LogP) is 3.80. The molecule has 0 radical (unpaired) electrons. The number of piperazine rings is 1. The summed E-state index contributed by atoms with van der Waals surface area (Å²) in [6.07, 6.45) is 9.33. The van der Waals surface area contributed by atoms with Gasteiger partial charge in [0.05, 0.1) is 5.69 Å². The van der Waals surface area contributed by atoms with Gasteiger partial charge < -0.3 is 9.80 Å². The third kappa shape index (κ3) is 5.81. The van der Waals surface area contributed by atoms with Gasteiger partial charge in [-0.15, -0.1) is 0 Å². The number of hydrogen-bond donors (Lipinski definition) is 0. The van der Waals surface area contributed by atoms with Crippen molar-refractivity contribution in [3.8, 4) is 22.5 Å². The highest BCUT2D eigenvalue weighted by atomic mass is 15.3. The van der Waals surface area contributed by atoms with E-state index in [0.717, 1.165) is 47.8 Å². The van der Waals surface area contributed by atoms with Gasteiger partial charge in [0.25, 0.3) is 0 Å². The van der Waals surface area contributed by atoms with Crippen molar-refractivity contribution < 1.29 is 0 Å². The molecule has 0 N–H and O–H groups in total. The Morgan fingerprint density at radius 3 is 2.46 bits per heavy atom. The highest BCUT2D eigenvalue weighted by Crippen LogP contribution is 2.29. The summed E-state index contributed by atoms with van der Waals surface area (Å²) in [5, 5.41) is 4.76. The molecule has 0 saturated carbocycles. The number of nitrogens with zero attached hydrogens (tertiary/aromatic N) is 7. The number of likely N-dealkylation sites (N-methyl/N-ethyl adjacent to an activating group) is 1. The van der Waals surface area contributed by atoms with Crippen LogP contribution in [0.5, 0.6) is 0 Å². The van der Waals surface area contributed by atoms with Crippen molar-refractivity contribution in [3.05, 3.63) is 84.2 Å². The van der Waals surface area contributed by atoms with E-state index in [-0.39, 0.29) is 0 Å². The average molecular weight is 468 g/mol. The molecule has 180 valence electrons. The van der Waals surface area contributed by atoms with Gasteiger partial charge >= 0.3 is 0 Å². The van der Waals surface area contributed by atoms with Gasteiger partial charge in [-0.25, -0.2) is 9.97 Å². The summed E-state index contributed by atoms with van der Waals surface area (Å²) in [6.45, 7) is 8.69. The first kappa shape index (κ1) is 23.3. The molecule has 1 aliphatic rings. The maximum absolute atomic E-state index is 4.90. The number of rotatable bonds is 8. The molecule has 4 aromatic rings. The molecule has 7 heteroatoms. The minimum Gasteiger partial charge on any atom is -0.304 e. The fourth-order valence-electron chi connectivity index (χ4n) is 4.49. The van der Waals surface area contributed by atoms with Crippen LogP contribution in [0.4, 0.5) is 0 Å². The maximum atomic E-state index is 4.90. The molecule has 1 aromatic carbocycles. The van der Waals surface area contributed by atoms with Crippen molar-refractivity contribution >= 4 is 0 Å². The monoisotopic (exact) mass is 467 g/mol. The molecule has 0 atom stereocenters. The zero-order valence-corrected chi connectivity index (χ0v) is 20.6. The lowest BCUT2D eigenvalue weighted by Gasteiger charge is -2.32. The van der Waals surface area contributed by atoms with Gasteiger partial charge in [0.1, 0.15) is 11.5 Å². The third-order valence-corrected chi connectivity index (χ3v) is 6.70. The van der Waals surface area contributed by atoms with Crippen LogP contribution < -0.4 is 0 Å². The molecular formula is C28H33N7. The predicted molar refractivity (Wildman–Crippen MR) is 139 cm³/mol. The topological polar surface area (TPSA) is 63.0 Å². The van der Waals surface area contributed by atoms with Crippen LogP contribution >= 0.6 is 0 Å².